The van der Waals surface area contributed by atoms with Crippen LogP contribution in [0.3, 0.4) is 0 Å². The Morgan fingerprint density at radius 2 is 2.38 bits per heavy atom. The van der Waals surface area contributed by atoms with Crippen molar-refractivity contribution in [2.45, 2.75) is 13.0 Å². The van der Waals surface area contributed by atoms with Gasteiger partial charge in [-0.1, -0.05) is 0 Å². The summed E-state index contributed by atoms with van der Waals surface area (Å²) < 4.78 is 0. The number of nitrogens with one attached hydrogen (secondary N) is 1. The molecule has 0 aliphatic rings. The Labute approximate surface area is 95.7 Å². The molecule has 0 unspecified atom stereocenters. The third-order valence-corrected chi connectivity index (χ3v) is 2.47. The molecule has 0 saturated heterocycles. The number of amides is 1. The molecule has 1 aromatic rings. The smallest absolute Gasteiger partial charge is 0.221 e. The summed E-state index contributed by atoms with van der Waals surface area (Å²) in [7, 11) is 3.57. The SMILES string of the molecule is CNC(=O)CCN(C)c1cnccc1CN. The van der Waals surface area contributed by atoms with Gasteiger partial charge in [0.25, 0.3) is 0 Å². The quantitative estimate of drug-likeness (QED) is 0.742. The summed E-state index contributed by atoms with van der Waals surface area (Å²) >= 11 is 0. The highest BCUT2D eigenvalue weighted by atomic mass is 16.1. The first-order valence-corrected chi connectivity index (χ1v) is 5.23. The lowest BCUT2D eigenvalue weighted by atomic mass is 10.2. The number of nitrogens with zero attached hydrogens (tertiary/aromatic N) is 2. The molecule has 3 N–H and O–H groups in total. The van der Waals surface area contributed by atoms with Crippen molar-refractivity contribution in [3.05, 3.63) is 24.0 Å². The molecule has 88 valence electrons. The first-order chi connectivity index (χ1) is 7.69. The van der Waals surface area contributed by atoms with Crippen LogP contribution in [0.2, 0.25) is 0 Å². The fourth-order valence-electron chi connectivity index (χ4n) is 1.45. The van der Waals surface area contributed by atoms with E-state index in [2.05, 4.69) is 10.3 Å². The van der Waals surface area contributed by atoms with E-state index in [1.807, 2.05) is 18.0 Å². The molecule has 0 spiro atoms. The Kier molecular flexibility index (Phi) is 4.72. The predicted octanol–water partition coefficient (Wildman–Crippen LogP) is 0.113. The second-order valence-electron chi connectivity index (χ2n) is 3.55. The average molecular weight is 222 g/mol. The van der Waals surface area contributed by atoms with E-state index < -0.39 is 0 Å². The minimum atomic E-state index is 0.0324. The zero-order valence-electron chi connectivity index (χ0n) is 9.73. The Hall–Kier alpha value is -1.62. The van der Waals surface area contributed by atoms with Gasteiger partial charge in [0.05, 0.1) is 11.9 Å². The van der Waals surface area contributed by atoms with Gasteiger partial charge in [-0.3, -0.25) is 9.78 Å². The van der Waals surface area contributed by atoms with Crippen LogP contribution in [-0.4, -0.2) is 31.5 Å². The van der Waals surface area contributed by atoms with E-state index in [1.165, 1.54) is 0 Å². The Morgan fingerprint density at radius 1 is 1.62 bits per heavy atom. The van der Waals surface area contributed by atoms with Crippen molar-refractivity contribution in [3.63, 3.8) is 0 Å². The molecule has 16 heavy (non-hydrogen) atoms. The van der Waals surface area contributed by atoms with E-state index in [0.29, 0.717) is 19.5 Å². The second-order valence-corrected chi connectivity index (χ2v) is 3.55. The molecule has 0 radical (unpaired) electrons. The van der Waals surface area contributed by atoms with Crippen LogP contribution >= 0.6 is 0 Å². The summed E-state index contributed by atoms with van der Waals surface area (Å²) in [6.07, 6.45) is 3.95. The number of hydrogen-bond acceptors (Lipinski definition) is 4. The molecule has 1 aromatic heterocycles. The molecule has 1 heterocycles. The van der Waals surface area contributed by atoms with Gasteiger partial charge in [-0.25, -0.2) is 0 Å². The largest absolute Gasteiger partial charge is 0.373 e. The molecular weight excluding hydrogens is 204 g/mol. The van der Waals surface area contributed by atoms with E-state index in [9.17, 15) is 4.79 Å². The zero-order valence-corrected chi connectivity index (χ0v) is 9.73. The minimum Gasteiger partial charge on any atom is -0.373 e. The van der Waals surface area contributed by atoms with Crippen molar-refractivity contribution in [2.24, 2.45) is 5.73 Å². The van der Waals surface area contributed by atoms with E-state index in [0.717, 1.165) is 11.3 Å². The average Bonchev–Trinajstić information content (AvgIpc) is 2.35. The highest BCUT2D eigenvalue weighted by molar-refractivity contribution is 5.76. The molecular formula is C11H18N4O. The maximum Gasteiger partial charge on any atom is 0.221 e. The first-order valence-electron chi connectivity index (χ1n) is 5.23. The normalized spacial score (nSPS) is 9.94. The van der Waals surface area contributed by atoms with E-state index in [-0.39, 0.29) is 5.91 Å². The number of carbonyl (C=O) groups is 1. The fourth-order valence-corrected chi connectivity index (χ4v) is 1.45. The van der Waals surface area contributed by atoms with Crippen molar-refractivity contribution < 1.29 is 4.79 Å². The zero-order chi connectivity index (χ0) is 12.0. The molecule has 0 aliphatic carbocycles. The first kappa shape index (κ1) is 12.4. The standard InChI is InChI=1S/C11H18N4O/c1-13-11(16)4-6-15(2)10-8-14-5-3-9(10)7-12/h3,5,8H,4,6-7,12H2,1-2H3,(H,13,16). The van der Waals surface area contributed by atoms with E-state index >= 15 is 0 Å². The Morgan fingerprint density at radius 3 is 3.00 bits per heavy atom. The summed E-state index contributed by atoms with van der Waals surface area (Å²) in [6.45, 7) is 1.13. The molecule has 5 nitrogen and oxygen atoms in total. The Balaban J connectivity index is 2.65. The van der Waals surface area contributed by atoms with Crippen LogP contribution in [0.1, 0.15) is 12.0 Å². The molecule has 5 heteroatoms. The summed E-state index contributed by atoms with van der Waals surface area (Å²) in [5.74, 6) is 0.0324. The van der Waals surface area contributed by atoms with Gasteiger partial charge in [0, 0.05) is 39.8 Å². The molecule has 0 aromatic carbocycles. The maximum absolute atomic E-state index is 11.1. The summed E-state index contributed by atoms with van der Waals surface area (Å²) in [5.41, 5.74) is 7.65. The van der Waals surface area contributed by atoms with Crippen LogP contribution in [0.25, 0.3) is 0 Å². The van der Waals surface area contributed by atoms with Crippen molar-refractivity contribution >= 4 is 11.6 Å². The number of pyridine rings is 1. The van der Waals surface area contributed by atoms with Gasteiger partial charge >= 0.3 is 0 Å². The number of nitrogens with two attached hydrogens (primary N) is 1. The van der Waals surface area contributed by atoms with Crippen molar-refractivity contribution in [3.8, 4) is 0 Å². The fraction of sp³-hybridized carbons (Fsp3) is 0.455. The van der Waals surface area contributed by atoms with Crippen molar-refractivity contribution in [1.29, 1.82) is 0 Å². The van der Waals surface area contributed by atoms with E-state index in [4.69, 9.17) is 5.73 Å². The Bertz CT molecular complexity index is 354. The predicted molar refractivity (Wildman–Crippen MR) is 64.1 cm³/mol. The van der Waals surface area contributed by atoms with Crippen LogP contribution in [0, 0.1) is 0 Å². The monoisotopic (exact) mass is 222 g/mol. The maximum atomic E-state index is 11.1. The van der Waals surface area contributed by atoms with Crippen molar-refractivity contribution in [1.82, 2.24) is 10.3 Å². The molecule has 0 aliphatic heterocycles. The lowest BCUT2D eigenvalue weighted by Crippen LogP contribution is -2.27. The van der Waals surface area contributed by atoms with Crippen LogP contribution in [-0.2, 0) is 11.3 Å². The lowest BCUT2D eigenvalue weighted by Gasteiger charge is -2.21. The van der Waals surface area contributed by atoms with Gasteiger partial charge in [0.1, 0.15) is 0 Å². The van der Waals surface area contributed by atoms with Gasteiger partial charge in [-0.15, -0.1) is 0 Å². The third kappa shape index (κ3) is 3.20. The molecule has 0 bridgehead atoms. The second kappa shape index (κ2) is 6.07. The van der Waals surface area contributed by atoms with Crippen LogP contribution in [0.15, 0.2) is 18.5 Å². The molecule has 1 rings (SSSR count). The third-order valence-electron chi connectivity index (χ3n) is 2.47. The molecule has 0 fully saturated rings. The van der Waals surface area contributed by atoms with E-state index in [1.54, 1.807) is 19.4 Å². The number of anilines is 1. The van der Waals surface area contributed by atoms with Gasteiger partial charge in [0.15, 0.2) is 0 Å². The lowest BCUT2D eigenvalue weighted by molar-refractivity contribution is -0.120. The highest BCUT2D eigenvalue weighted by Gasteiger charge is 2.07. The van der Waals surface area contributed by atoms with Gasteiger partial charge in [0.2, 0.25) is 5.91 Å². The number of rotatable bonds is 5. The number of carbonyl (C=O) groups excluding carboxylic acids is 1. The summed E-state index contributed by atoms with van der Waals surface area (Å²) in [6, 6.07) is 1.89. The topological polar surface area (TPSA) is 71.2 Å². The molecule has 0 atom stereocenters. The summed E-state index contributed by atoms with van der Waals surface area (Å²) in [5, 5.41) is 2.59. The highest BCUT2D eigenvalue weighted by Crippen LogP contribution is 2.16. The van der Waals surface area contributed by atoms with Crippen LogP contribution < -0.4 is 16.0 Å². The minimum absolute atomic E-state index is 0.0324. The summed E-state index contributed by atoms with van der Waals surface area (Å²) in [4.78, 5) is 17.2. The number of hydrogen-bond donors (Lipinski definition) is 2. The van der Waals surface area contributed by atoms with Gasteiger partial charge < -0.3 is 16.0 Å². The van der Waals surface area contributed by atoms with Crippen molar-refractivity contribution in [2.75, 3.05) is 25.5 Å². The van der Waals surface area contributed by atoms with Crippen LogP contribution in [0.4, 0.5) is 5.69 Å². The van der Waals surface area contributed by atoms with Gasteiger partial charge in [-0.2, -0.15) is 0 Å². The molecule has 0 saturated carbocycles. The molecule has 1 amide bonds. The van der Waals surface area contributed by atoms with Gasteiger partial charge in [-0.05, 0) is 11.6 Å². The van der Waals surface area contributed by atoms with Crippen LogP contribution in [0.5, 0.6) is 0 Å². The number of aromatic nitrogens is 1.